The number of thioether (sulfide) groups is 1. The van der Waals surface area contributed by atoms with E-state index in [9.17, 15) is 0 Å². The van der Waals surface area contributed by atoms with Crippen molar-refractivity contribution in [3.63, 3.8) is 0 Å². The van der Waals surface area contributed by atoms with Crippen molar-refractivity contribution in [2.75, 3.05) is 5.75 Å². The van der Waals surface area contributed by atoms with Crippen molar-refractivity contribution in [1.82, 2.24) is 0 Å². The van der Waals surface area contributed by atoms with Gasteiger partial charge in [-0.25, -0.2) is 0 Å². The van der Waals surface area contributed by atoms with Crippen LogP contribution >= 0.6 is 11.8 Å². The van der Waals surface area contributed by atoms with Crippen molar-refractivity contribution in [3.8, 4) is 0 Å². The van der Waals surface area contributed by atoms with Crippen molar-refractivity contribution in [1.29, 1.82) is 0 Å². The van der Waals surface area contributed by atoms with Gasteiger partial charge in [-0.1, -0.05) is 25.6 Å². The van der Waals surface area contributed by atoms with Gasteiger partial charge in [0.2, 0.25) is 0 Å². The maximum atomic E-state index is 5.61. The third kappa shape index (κ3) is 3.14. The Morgan fingerprint density at radius 1 is 1.73 bits per heavy atom. The predicted octanol–water partition coefficient (Wildman–Crippen LogP) is 1.85. The lowest BCUT2D eigenvalue weighted by Gasteiger charge is -2.19. The molecule has 1 atom stereocenters. The molecule has 0 saturated carbocycles. The fourth-order valence-corrected chi connectivity index (χ4v) is 2.12. The van der Waals surface area contributed by atoms with Gasteiger partial charge in [-0.2, -0.15) is 0 Å². The molecular formula is C8H16N2S. The van der Waals surface area contributed by atoms with Crippen LogP contribution < -0.4 is 5.73 Å². The molecule has 0 bridgehead atoms. The van der Waals surface area contributed by atoms with Gasteiger partial charge in [-0.05, 0) is 18.8 Å². The highest BCUT2D eigenvalue weighted by molar-refractivity contribution is 8.13. The van der Waals surface area contributed by atoms with Crippen molar-refractivity contribution in [2.24, 2.45) is 16.6 Å². The molecule has 0 aromatic carbocycles. The molecule has 0 saturated heterocycles. The summed E-state index contributed by atoms with van der Waals surface area (Å²) in [7, 11) is 0. The van der Waals surface area contributed by atoms with Crippen LogP contribution in [-0.4, -0.2) is 17.0 Å². The number of nitrogens with two attached hydrogens (primary N) is 1. The number of aliphatic imine (C=N–C) groups is 1. The number of hydrogen-bond acceptors (Lipinski definition) is 3. The molecule has 0 amide bonds. The molecule has 11 heavy (non-hydrogen) atoms. The highest BCUT2D eigenvalue weighted by Gasteiger charge is 2.14. The molecule has 3 heteroatoms. The first-order chi connectivity index (χ1) is 5.18. The standard InChI is InChI=1S/C8H16N2S/c1-6(2)5-7-3-4-11-8(9)10-7/h6-7H,3-5H2,1-2H3,(H2,9,10)/t7-/m0/s1. The summed E-state index contributed by atoms with van der Waals surface area (Å²) in [5, 5.41) is 0.780. The molecule has 1 aliphatic rings. The van der Waals surface area contributed by atoms with E-state index in [0.29, 0.717) is 6.04 Å². The van der Waals surface area contributed by atoms with E-state index in [0.717, 1.165) is 16.8 Å². The molecule has 0 spiro atoms. The zero-order chi connectivity index (χ0) is 8.27. The van der Waals surface area contributed by atoms with Crippen LogP contribution in [0.25, 0.3) is 0 Å². The van der Waals surface area contributed by atoms with Crippen molar-refractivity contribution >= 4 is 16.9 Å². The molecule has 2 nitrogen and oxygen atoms in total. The average Bonchev–Trinajstić information content (AvgIpc) is 1.85. The van der Waals surface area contributed by atoms with E-state index in [1.807, 2.05) is 0 Å². The van der Waals surface area contributed by atoms with Crippen LogP contribution in [0.4, 0.5) is 0 Å². The van der Waals surface area contributed by atoms with Gasteiger partial charge in [0.25, 0.3) is 0 Å². The first kappa shape index (κ1) is 8.91. The summed E-state index contributed by atoms with van der Waals surface area (Å²) in [6.07, 6.45) is 2.38. The van der Waals surface area contributed by atoms with Gasteiger partial charge in [0.15, 0.2) is 5.17 Å². The van der Waals surface area contributed by atoms with Crippen LogP contribution in [0.1, 0.15) is 26.7 Å². The lowest BCUT2D eigenvalue weighted by molar-refractivity contribution is 0.489. The lowest BCUT2D eigenvalue weighted by Crippen LogP contribution is -2.21. The predicted molar refractivity (Wildman–Crippen MR) is 51.9 cm³/mol. The second-order valence-electron chi connectivity index (χ2n) is 3.39. The Morgan fingerprint density at radius 2 is 2.45 bits per heavy atom. The van der Waals surface area contributed by atoms with Crippen LogP contribution in [-0.2, 0) is 0 Å². The van der Waals surface area contributed by atoms with E-state index in [4.69, 9.17) is 5.73 Å². The van der Waals surface area contributed by atoms with Crippen molar-refractivity contribution in [2.45, 2.75) is 32.7 Å². The van der Waals surface area contributed by atoms with Gasteiger partial charge >= 0.3 is 0 Å². The minimum Gasteiger partial charge on any atom is -0.379 e. The number of hydrogen-bond donors (Lipinski definition) is 1. The highest BCUT2D eigenvalue weighted by atomic mass is 32.2. The van der Waals surface area contributed by atoms with Crippen LogP contribution in [0, 0.1) is 5.92 Å². The summed E-state index contributed by atoms with van der Waals surface area (Å²) in [5.74, 6) is 1.88. The number of amidine groups is 1. The second-order valence-corrected chi connectivity index (χ2v) is 4.50. The summed E-state index contributed by atoms with van der Waals surface area (Å²) in [5.41, 5.74) is 5.61. The summed E-state index contributed by atoms with van der Waals surface area (Å²) in [6.45, 7) is 4.46. The molecule has 0 unspecified atom stereocenters. The molecule has 0 aliphatic carbocycles. The van der Waals surface area contributed by atoms with Crippen molar-refractivity contribution in [3.05, 3.63) is 0 Å². The fraction of sp³-hybridized carbons (Fsp3) is 0.875. The molecule has 1 rings (SSSR count). The summed E-state index contributed by atoms with van der Waals surface area (Å²) in [6, 6.07) is 0.497. The van der Waals surface area contributed by atoms with Gasteiger partial charge in [-0.3, -0.25) is 4.99 Å². The largest absolute Gasteiger partial charge is 0.379 e. The maximum absolute atomic E-state index is 5.61. The van der Waals surface area contributed by atoms with Crippen LogP contribution in [0.5, 0.6) is 0 Å². The smallest absolute Gasteiger partial charge is 0.154 e. The van der Waals surface area contributed by atoms with E-state index in [1.54, 1.807) is 11.8 Å². The maximum Gasteiger partial charge on any atom is 0.154 e. The van der Waals surface area contributed by atoms with Crippen LogP contribution in [0.15, 0.2) is 4.99 Å². The van der Waals surface area contributed by atoms with E-state index >= 15 is 0 Å². The molecule has 2 N–H and O–H groups in total. The minimum atomic E-state index is 0.497. The third-order valence-corrected chi connectivity index (χ3v) is 2.60. The normalized spacial score (nSPS) is 25.4. The lowest BCUT2D eigenvalue weighted by atomic mass is 10.0. The topological polar surface area (TPSA) is 38.4 Å². The Bertz CT molecular complexity index is 154. The zero-order valence-corrected chi connectivity index (χ0v) is 8.03. The second kappa shape index (κ2) is 4.00. The summed E-state index contributed by atoms with van der Waals surface area (Å²) in [4.78, 5) is 4.38. The SMILES string of the molecule is CC(C)C[C@@H]1CCSC(N)=N1. The zero-order valence-electron chi connectivity index (χ0n) is 7.21. The number of nitrogens with zero attached hydrogens (tertiary/aromatic N) is 1. The average molecular weight is 172 g/mol. The first-order valence-electron chi connectivity index (χ1n) is 4.14. The third-order valence-electron chi connectivity index (χ3n) is 1.75. The highest BCUT2D eigenvalue weighted by Crippen LogP contribution is 2.20. The number of rotatable bonds is 2. The molecule has 0 aromatic rings. The fourth-order valence-electron chi connectivity index (χ4n) is 1.30. The quantitative estimate of drug-likeness (QED) is 0.690. The van der Waals surface area contributed by atoms with Gasteiger partial charge < -0.3 is 5.73 Å². The molecule has 1 heterocycles. The van der Waals surface area contributed by atoms with Crippen LogP contribution in [0.3, 0.4) is 0 Å². The molecule has 0 radical (unpaired) electrons. The molecular weight excluding hydrogens is 156 g/mol. The van der Waals surface area contributed by atoms with Gasteiger partial charge in [0, 0.05) is 5.75 Å². The Kier molecular flexibility index (Phi) is 3.24. The van der Waals surface area contributed by atoms with Gasteiger partial charge in [0.05, 0.1) is 6.04 Å². The first-order valence-corrected chi connectivity index (χ1v) is 5.13. The van der Waals surface area contributed by atoms with E-state index in [-0.39, 0.29) is 0 Å². The molecule has 64 valence electrons. The molecule has 0 fully saturated rings. The summed E-state index contributed by atoms with van der Waals surface area (Å²) < 4.78 is 0. The monoisotopic (exact) mass is 172 g/mol. The molecule has 0 aromatic heterocycles. The van der Waals surface area contributed by atoms with Crippen LogP contribution in [0.2, 0.25) is 0 Å². The van der Waals surface area contributed by atoms with Gasteiger partial charge in [0.1, 0.15) is 0 Å². The van der Waals surface area contributed by atoms with Gasteiger partial charge in [-0.15, -0.1) is 0 Å². The Morgan fingerprint density at radius 3 is 3.00 bits per heavy atom. The van der Waals surface area contributed by atoms with Crippen molar-refractivity contribution < 1.29 is 0 Å². The van der Waals surface area contributed by atoms with E-state index < -0.39 is 0 Å². The molecule has 1 aliphatic heterocycles. The Hall–Kier alpha value is -0.180. The Balaban J connectivity index is 2.39. The minimum absolute atomic E-state index is 0.497. The van der Waals surface area contributed by atoms with E-state index in [1.165, 1.54) is 12.8 Å². The van der Waals surface area contributed by atoms with E-state index in [2.05, 4.69) is 18.8 Å². The summed E-state index contributed by atoms with van der Waals surface area (Å²) >= 11 is 1.68. The Labute approximate surface area is 72.6 Å².